The van der Waals surface area contributed by atoms with Crippen LogP contribution in [0.4, 0.5) is 0 Å². The summed E-state index contributed by atoms with van der Waals surface area (Å²) in [6.07, 6.45) is 8.66. The third-order valence-corrected chi connectivity index (χ3v) is 6.86. The molecule has 1 aliphatic heterocycles. The molecule has 1 amide bonds. The van der Waals surface area contributed by atoms with Gasteiger partial charge in [-0.25, -0.2) is 18.1 Å². The van der Waals surface area contributed by atoms with Gasteiger partial charge in [-0.05, 0) is 49.6 Å². The maximum atomic E-state index is 13.1. The molecule has 3 aromatic rings. The summed E-state index contributed by atoms with van der Waals surface area (Å²) in [7, 11) is -3.77. The Kier molecular flexibility index (Phi) is 5.74. The van der Waals surface area contributed by atoms with Crippen LogP contribution in [0.15, 0.2) is 64.6 Å². The number of furan rings is 1. The summed E-state index contributed by atoms with van der Waals surface area (Å²) >= 11 is 0. The number of carbonyl (C=O) groups is 1. The molecule has 158 valence electrons. The third kappa shape index (κ3) is 4.31. The molecule has 0 saturated carbocycles. The molecule has 0 radical (unpaired) electrons. The highest BCUT2D eigenvalue weighted by Gasteiger charge is 2.26. The Morgan fingerprint density at radius 1 is 1.27 bits per heavy atom. The fourth-order valence-electron chi connectivity index (χ4n) is 3.68. The summed E-state index contributed by atoms with van der Waals surface area (Å²) in [5.41, 5.74) is 1.17. The predicted molar refractivity (Wildman–Crippen MR) is 110 cm³/mol. The first-order valence-electron chi connectivity index (χ1n) is 9.83. The Morgan fingerprint density at radius 2 is 2.07 bits per heavy atom. The van der Waals surface area contributed by atoms with Crippen LogP contribution in [-0.2, 0) is 16.6 Å². The molecular formula is C21H24N4O4S. The average Bonchev–Trinajstić information content (AvgIpc) is 3.46. The Hall–Kier alpha value is -2.91. The Balaban J connectivity index is 1.47. The summed E-state index contributed by atoms with van der Waals surface area (Å²) in [5.74, 6) is 0.377. The summed E-state index contributed by atoms with van der Waals surface area (Å²) in [4.78, 5) is 19.1. The van der Waals surface area contributed by atoms with Gasteiger partial charge < -0.3 is 13.9 Å². The van der Waals surface area contributed by atoms with Crippen LogP contribution in [0.1, 0.15) is 40.6 Å². The van der Waals surface area contributed by atoms with Gasteiger partial charge in [0.1, 0.15) is 5.76 Å². The molecule has 4 rings (SSSR count). The Morgan fingerprint density at radius 3 is 2.73 bits per heavy atom. The summed E-state index contributed by atoms with van der Waals surface area (Å²) < 4.78 is 35.1. The van der Waals surface area contributed by atoms with Crippen molar-refractivity contribution in [1.82, 2.24) is 19.2 Å². The predicted octanol–water partition coefficient (Wildman–Crippen LogP) is 2.74. The van der Waals surface area contributed by atoms with Gasteiger partial charge in [-0.3, -0.25) is 4.79 Å². The smallest absolute Gasteiger partial charge is 0.254 e. The number of imidazole rings is 1. The molecule has 30 heavy (non-hydrogen) atoms. The number of hydrogen-bond donors (Lipinski definition) is 1. The third-order valence-electron chi connectivity index (χ3n) is 5.46. The van der Waals surface area contributed by atoms with Gasteiger partial charge in [0.05, 0.1) is 24.0 Å². The van der Waals surface area contributed by atoms with E-state index in [9.17, 15) is 13.2 Å². The number of amides is 1. The van der Waals surface area contributed by atoms with Gasteiger partial charge in [-0.15, -0.1) is 0 Å². The van der Waals surface area contributed by atoms with Gasteiger partial charge in [0.2, 0.25) is 10.0 Å². The van der Waals surface area contributed by atoms with E-state index in [1.807, 2.05) is 13.1 Å². The number of hydrogen-bond acceptors (Lipinski definition) is 5. The van der Waals surface area contributed by atoms with Crippen molar-refractivity contribution in [3.05, 3.63) is 72.2 Å². The van der Waals surface area contributed by atoms with Gasteiger partial charge in [0.15, 0.2) is 0 Å². The van der Waals surface area contributed by atoms with Crippen LogP contribution >= 0.6 is 0 Å². The first-order valence-corrected chi connectivity index (χ1v) is 11.3. The van der Waals surface area contributed by atoms with Crippen LogP contribution in [0, 0.1) is 6.92 Å². The van der Waals surface area contributed by atoms with Crippen molar-refractivity contribution in [3.63, 3.8) is 0 Å². The second-order valence-corrected chi connectivity index (χ2v) is 9.18. The SMILES string of the molecule is Cc1ccc(S(=O)(=O)NCc2ccco2)cc1C(=O)N1CCC(n2ccnc2)CC1. The van der Waals surface area contributed by atoms with E-state index in [4.69, 9.17) is 4.42 Å². The zero-order chi connectivity index (χ0) is 21.1. The van der Waals surface area contributed by atoms with Crippen LogP contribution in [0.25, 0.3) is 0 Å². The molecule has 1 aliphatic rings. The fourth-order valence-corrected chi connectivity index (χ4v) is 4.70. The zero-order valence-corrected chi connectivity index (χ0v) is 17.5. The number of rotatable bonds is 6. The fraction of sp³-hybridized carbons (Fsp3) is 0.333. The first-order chi connectivity index (χ1) is 14.4. The Bertz CT molecular complexity index is 1100. The lowest BCUT2D eigenvalue weighted by Gasteiger charge is -2.33. The van der Waals surface area contributed by atoms with Crippen molar-refractivity contribution in [2.45, 2.75) is 37.2 Å². The van der Waals surface area contributed by atoms with Crippen molar-refractivity contribution < 1.29 is 17.6 Å². The summed E-state index contributed by atoms with van der Waals surface area (Å²) in [6.45, 7) is 3.11. The zero-order valence-electron chi connectivity index (χ0n) is 16.7. The highest BCUT2D eigenvalue weighted by molar-refractivity contribution is 7.89. The molecule has 1 aromatic carbocycles. The Labute approximate surface area is 175 Å². The number of nitrogens with zero attached hydrogens (tertiary/aromatic N) is 3. The van der Waals surface area contributed by atoms with Crippen LogP contribution in [-0.4, -0.2) is 41.9 Å². The van der Waals surface area contributed by atoms with E-state index in [0.29, 0.717) is 30.5 Å². The maximum Gasteiger partial charge on any atom is 0.254 e. The van der Waals surface area contributed by atoms with Crippen molar-refractivity contribution >= 4 is 15.9 Å². The second-order valence-electron chi connectivity index (χ2n) is 7.41. The minimum atomic E-state index is -3.77. The van der Waals surface area contributed by atoms with E-state index in [1.165, 1.54) is 18.4 Å². The molecule has 0 atom stereocenters. The lowest BCUT2D eigenvalue weighted by Crippen LogP contribution is -2.39. The number of aryl methyl sites for hydroxylation is 1. The molecule has 0 aliphatic carbocycles. The van der Waals surface area contributed by atoms with Crippen LogP contribution in [0.3, 0.4) is 0 Å². The van der Waals surface area contributed by atoms with E-state index in [1.54, 1.807) is 35.6 Å². The van der Waals surface area contributed by atoms with Crippen molar-refractivity contribution in [3.8, 4) is 0 Å². The topological polar surface area (TPSA) is 97.4 Å². The van der Waals surface area contributed by atoms with Crippen molar-refractivity contribution in [1.29, 1.82) is 0 Å². The molecule has 0 spiro atoms. The van der Waals surface area contributed by atoms with E-state index in [-0.39, 0.29) is 17.3 Å². The van der Waals surface area contributed by atoms with Crippen molar-refractivity contribution in [2.75, 3.05) is 13.1 Å². The molecule has 1 saturated heterocycles. The van der Waals surface area contributed by atoms with E-state index >= 15 is 0 Å². The van der Waals surface area contributed by atoms with Gasteiger partial charge in [0.25, 0.3) is 5.91 Å². The van der Waals surface area contributed by atoms with Gasteiger partial charge >= 0.3 is 0 Å². The molecule has 8 nitrogen and oxygen atoms in total. The molecule has 1 N–H and O–H groups in total. The largest absolute Gasteiger partial charge is 0.468 e. The number of aromatic nitrogens is 2. The molecular weight excluding hydrogens is 404 g/mol. The molecule has 2 aromatic heterocycles. The molecule has 0 unspecified atom stereocenters. The average molecular weight is 429 g/mol. The van der Waals surface area contributed by atoms with E-state index < -0.39 is 10.0 Å². The number of nitrogens with one attached hydrogen (secondary N) is 1. The summed E-state index contributed by atoms with van der Waals surface area (Å²) in [5, 5.41) is 0. The van der Waals surface area contributed by atoms with Gasteiger partial charge in [-0.2, -0.15) is 0 Å². The maximum absolute atomic E-state index is 13.1. The molecule has 0 bridgehead atoms. The number of benzene rings is 1. The highest BCUT2D eigenvalue weighted by Crippen LogP contribution is 2.25. The molecule has 3 heterocycles. The van der Waals surface area contributed by atoms with Gasteiger partial charge in [-0.1, -0.05) is 6.07 Å². The van der Waals surface area contributed by atoms with E-state index in [2.05, 4.69) is 14.3 Å². The molecule has 9 heteroatoms. The normalized spacial score (nSPS) is 15.4. The van der Waals surface area contributed by atoms with Gasteiger partial charge in [0, 0.05) is 37.1 Å². The lowest BCUT2D eigenvalue weighted by molar-refractivity contribution is 0.0693. The first kappa shape index (κ1) is 20.4. The summed E-state index contributed by atoms with van der Waals surface area (Å²) in [6, 6.07) is 8.37. The highest BCUT2D eigenvalue weighted by atomic mass is 32.2. The standard InChI is InChI=1S/C21H24N4O4S/c1-16-4-5-19(30(27,28)23-14-18-3-2-12-29-18)13-20(16)21(26)24-9-6-17(7-10-24)25-11-8-22-15-25/h2-5,8,11-13,15,17,23H,6-7,9-10,14H2,1H3. The second kappa shape index (κ2) is 8.45. The number of sulfonamides is 1. The quantitative estimate of drug-likeness (QED) is 0.651. The number of piperidine rings is 1. The van der Waals surface area contributed by atoms with Crippen LogP contribution in [0.5, 0.6) is 0 Å². The molecule has 1 fully saturated rings. The minimum Gasteiger partial charge on any atom is -0.468 e. The number of likely N-dealkylation sites (tertiary alicyclic amines) is 1. The van der Waals surface area contributed by atoms with Crippen LogP contribution in [0.2, 0.25) is 0 Å². The minimum absolute atomic E-state index is 0.0499. The monoisotopic (exact) mass is 428 g/mol. The van der Waals surface area contributed by atoms with Crippen molar-refractivity contribution in [2.24, 2.45) is 0 Å². The number of carbonyl (C=O) groups excluding carboxylic acids is 1. The lowest BCUT2D eigenvalue weighted by atomic mass is 10.0. The van der Waals surface area contributed by atoms with E-state index in [0.717, 1.165) is 18.4 Å². The van der Waals surface area contributed by atoms with Crippen LogP contribution < -0.4 is 4.72 Å².